The van der Waals surface area contributed by atoms with Crippen LogP contribution in [0.15, 0.2) is 75.0 Å². The van der Waals surface area contributed by atoms with Crippen molar-refractivity contribution >= 4 is 40.6 Å². The minimum Gasteiger partial charge on any atom is -0.493 e. The fourth-order valence-electron chi connectivity index (χ4n) is 2.96. The summed E-state index contributed by atoms with van der Waals surface area (Å²) in [5.41, 5.74) is 1.53. The predicted molar refractivity (Wildman–Crippen MR) is 125 cm³/mol. The summed E-state index contributed by atoms with van der Waals surface area (Å²) in [5.74, 6) is 0.784. The van der Waals surface area contributed by atoms with Gasteiger partial charge in [-0.15, -0.1) is 0 Å². The van der Waals surface area contributed by atoms with Crippen LogP contribution >= 0.6 is 11.8 Å². The minimum absolute atomic E-state index is 0.103. The number of nitrogens with zero attached hydrogens (tertiary/aromatic N) is 1. The number of rotatable bonds is 7. The Labute approximate surface area is 194 Å². The third-order valence-electron chi connectivity index (χ3n) is 4.54. The van der Waals surface area contributed by atoms with Gasteiger partial charge in [0.15, 0.2) is 16.7 Å². The maximum absolute atomic E-state index is 12.4. The topological polar surface area (TPSA) is 99.4 Å². The van der Waals surface area contributed by atoms with E-state index in [4.69, 9.17) is 13.9 Å². The third kappa shape index (κ3) is 5.45. The minimum atomic E-state index is -0.554. The molecule has 33 heavy (non-hydrogen) atoms. The molecule has 0 radical (unpaired) electrons. The molecule has 0 unspecified atom stereocenters. The van der Waals surface area contributed by atoms with Crippen molar-refractivity contribution in [2.24, 2.45) is 4.99 Å². The lowest BCUT2D eigenvalue weighted by Crippen LogP contribution is -2.19. The molecule has 2 heterocycles. The summed E-state index contributed by atoms with van der Waals surface area (Å²) in [5, 5.41) is 3.29. The van der Waals surface area contributed by atoms with Crippen molar-refractivity contribution in [3.05, 3.63) is 82.7 Å². The van der Waals surface area contributed by atoms with Crippen molar-refractivity contribution in [1.82, 2.24) is 5.32 Å². The Bertz CT molecular complexity index is 1230. The number of aliphatic imine (C=N–C) groups is 1. The van der Waals surface area contributed by atoms with E-state index in [1.54, 1.807) is 24.3 Å². The van der Waals surface area contributed by atoms with Gasteiger partial charge in [0.05, 0.1) is 24.8 Å². The van der Waals surface area contributed by atoms with Gasteiger partial charge in [-0.1, -0.05) is 24.3 Å². The first kappa shape index (κ1) is 22.2. The summed E-state index contributed by atoms with van der Waals surface area (Å²) >= 11 is 1.27. The molecule has 4 rings (SSSR count). The van der Waals surface area contributed by atoms with Crippen LogP contribution in [0.2, 0.25) is 0 Å². The van der Waals surface area contributed by atoms with Crippen LogP contribution in [0.3, 0.4) is 0 Å². The van der Waals surface area contributed by atoms with Crippen LogP contribution in [0.4, 0.5) is 5.69 Å². The molecular weight excluding hydrogens is 444 g/mol. The zero-order valence-corrected chi connectivity index (χ0v) is 18.7. The Morgan fingerprint density at radius 2 is 1.91 bits per heavy atom. The van der Waals surface area contributed by atoms with Crippen LogP contribution in [-0.2, 0) is 16.1 Å². The number of esters is 1. The molecule has 1 fully saturated rings. The largest absolute Gasteiger partial charge is 0.493 e. The Morgan fingerprint density at radius 3 is 2.67 bits per heavy atom. The number of hydrogen-bond acceptors (Lipinski definition) is 8. The molecule has 0 bridgehead atoms. The van der Waals surface area contributed by atoms with Crippen LogP contribution in [0.25, 0.3) is 6.08 Å². The average Bonchev–Trinajstić information content (AvgIpc) is 3.44. The molecule has 0 spiro atoms. The second-order valence-electron chi connectivity index (χ2n) is 6.77. The normalized spacial score (nSPS) is 15.5. The lowest BCUT2D eigenvalue weighted by atomic mass is 10.2. The zero-order chi connectivity index (χ0) is 23.2. The van der Waals surface area contributed by atoms with Crippen LogP contribution in [0.5, 0.6) is 11.5 Å². The monoisotopic (exact) mass is 464 g/mol. The summed E-state index contributed by atoms with van der Waals surface area (Å²) in [4.78, 5) is 28.8. The number of amidine groups is 1. The van der Waals surface area contributed by atoms with Crippen molar-refractivity contribution in [2.45, 2.75) is 6.61 Å². The van der Waals surface area contributed by atoms with Gasteiger partial charge >= 0.3 is 5.97 Å². The molecule has 0 saturated carbocycles. The fourth-order valence-corrected chi connectivity index (χ4v) is 3.80. The molecule has 0 atom stereocenters. The van der Waals surface area contributed by atoms with E-state index >= 15 is 0 Å². The Balaban J connectivity index is 1.46. The Morgan fingerprint density at radius 1 is 1.09 bits per heavy atom. The van der Waals surface area contributed by atoms with Gasteiger partial charge in [0.1, 0.15) is 12.4 Å². The second-order valence-corrected chi connectivity index (χ2v) is 7.80. The summed E-state index contributed by atoms with van der Waals surface area (Å²) in [6.45, 7) is 0.103. The highest BCUT2D eigenvalue weighted by Crippen LogP contribution is 2.32. The summed E-state index contributed by atoms with van der Waals surface area (Å²) < 4.78 is 21.2. The van der Waals surface area contributed by atoms with Crippen LogP contribution < -0.4 is 14.8 Å². The highest BCUT2D eigenvalue weighted by Gasteiger charge is 2.24. The van der Waals surface area contributed by atoms with Gasteiger partial charge in [-0.25, -0.2) is 9.79 Å². The van der Waals surface area contributed by atoms with E-state index in [-0.39, 0.29) is 18.3 Å². The number of amides is 1. The number of thioether (sulfide) groups is 1. The number of carbonyl (C=O) groups is 2. The number of benzene rings is 2. The molecular formula is C24H20N2O6S. The van der Waals surface area contributed by atoms with Gasteiger partial charge in [-0.05, 0) is 59.8 Å². The van der Waals surface area contributed by atoms with Crippen molar-refractivity contribution in [1.29, 1.82) is 0 Å². The van der Waals surface area contributed by atoms with E-state index in [9.17, 15) is 9.59 Å². The number of ether oxygens (including phenoxy) is 3. The Kier molecular flexibility index (Phi) is 6.80. The number of furan rings is 1. The van der Waals surface area contributed by atoms with E-state index in [2.05, 4.69) is 15.0 Å². The quantitative estimate of drug-likeness (QED) is 0.405. The van der Waals surface area contributed by atoms with Gasteiger partial charge in [-0.3, -0.25) is 4.79 Å². The van der Waals surface area contributed by atoms with Crippen LogP contribution in [0, 0.1) is 0 Å². The summed E-state index contributed by atoms with van der Waals surface area (Å²) in [6.07, 6.45) is 1.76. The van der Waals surface area contributed by atoms with Crippen LogP contribution in [0.1, 0.15) is 21.9 Å². The number of nitrogens with one attached hydrogen (secondary N) is 1. The lowest BCUT2D eigenvalue weighted by molar-refractivity contribution is -0.115. The number of carbonyl (C=O) groups excluding carboxylic acids is 2. The van der Waals surface area contributed by atoms with Gasteiger partial charge < -0.3 is 23.9 Å². The SMILES string of the molecule is COC(=O)c1ccc(COc2ccc(C=C3SC(=Nc4ccccc4)NC3=O)cc2OC)o1. The van der Waals surface area contributed by atoms with Gasteiger partial charge in [-0.2, -0.15) is 0 Å². The molecule has 3 aromatic rings. The molecule has 8 nitrogen and oxygen atoms in total. The standard InChI is InChI=1S/C24H20N2O6S/c1-29-20-12-15(8-10-18(20)31-14-17-9-11-19(32-17)23(28)30-2)13-21-22(27)26-24(33-21)25-16-6-4-3-5-7-16/h3-13H,14H2,1-2H3,(H,25,26,27). The van der Waals surface area contributed by atoms with E-state index in [0.717, 1.165) is 11.3 Å². The third-order valence-corrected chi connectivity index (χ3v) is 5.45. The smallest absolute Gasteiger partial charge is 0.373 e. The average molecular weight is 464 g/mol. The van der Waals surface area contributed by atoms with E-state index < -0.39 is 5.97 Å². The Hall–Kier alpha value is -3.98. The molecule has 1 aromatic heterocycles. The van der Waals surface area contributed by atoms with E-state index in [0.29, 0.717) is 27.3 Å². The van der Waals surface area contributed by atoms with Crippen molar-refractivity contribution in [3.8, 4) is 11.5 Å². The number of methoxy groups -OCH3 is 2. The molecule has 9 heteroatoms. The summed E-state index contributed by atoms with van der Waals surface area (Å²) in [6, 6.07) is 17.9. The first-order valence-corrected chi connectivity index (χ1v) is 10.7. The molecule has 1 aliphatic heterocycles. The highest BCUT2D eigenvalue weighted by atomic mass is 32.2. The molecule has 1 aliphatic rings. The van der Waals surface area contributed by atoms with Gasteiger partial charge in [0.25, 0.3) is 5.91 Å². The van der Waals surface area contributed by atoms with Crippen LogP contribution in [-0.4, -0.2) is 31.3 Å². The first-order chi connectivity index (χ1) is 16.1. The van der Waals surface area contributed by atoms with Gasteiger partial charge in [0, 0.05) is 0 Å². The lowest BCUT2D eigenvalue weighted by Gasteiger charge is -2.10. The first-order valence-electron chi connectivity index (χ1n) is 9.88. The second kappa shape index (κ2) is 10.1. The maximum Gasteiger partial charge on any atom is 0.373 e. The van der Waals surface area contributed by atoms with E-state index in [1.807, 2.05) is 36.4 Å². The predicted octanol–water partition coefficient (Wildman–Crippen LogP) is 4.55. The molecule has 2 aromatic carbocycles. The van der Waals surface area contributed by atoms with Crippen molar-refractivity contribution in [3.63, 3.8) is 0 Å². The number of para-hydroxylation sites is 1. The molecule has 0 aliphatic carbocycles. The fraction of sp³-hybridized carbons (Fsp3) is 0.125. The maximum atomic E-state index is 12.4. The van der Waals surface area contributed by atoms with Crippen molar-refractivity contribution < 1.29 is 28.2 Å². The summed E-state index contributed by atoms with van der Waals surface area (Å²) in [7, 11) is 2.82. The molecule has 168 valence electrons. The number of hydrogen-bond donors (Lipinski definition) is 1. The molecule has 1 amide bonds. The zero-order valence-electron chi connectivity index (χ0n) is 17.9. The van der Waals surface area contributed by atoms with E-state index in [1.165, 1.54) is 32.0 Å². The highest BCUT2D eigenvalue weighted by molar-refractivity contribution is 8.18. The van der Waals surface area contributed by atoms with Crippen molar-refractivity contribution in [2.75, 3.05) is 14.2 Å². The molecule has 1 saturated heterocycles. The molecule has 1 N–H and O–H groups in total. The van der Waals surface area contributed by atoms with Gasteiger partial charge in [0.2, 0.25) is 5.76 Å².